The molecule has 0 aliphatic heterocycles. The number of aromatic nitrogens is 3. The minimum atomic E-state index is -1.02. The van der Waals surface area contributed by atoms with Gasteiger partial charge >= 0.3 is 0 Å². The summed E-state index contributed by atoms with van der Waals surface area (Å²) in [7, 11) is 1.58. The summed E-state index contributed by atoms with van der Waals surface area (Å²) >= 11 is 0. The molecule has 0 saturated carbocycles. The maximum absolute atomic E-state index is 13.7. The van der Waals surface area contributed by atoms with Gasteiger partial charge in [-0.2, -0.15) is 0 Å². The SMILES string of the molecule is Cc1c(C(=O)c2nc3cc(F)c(F)cc3n2C)oc2cccc(OCCCNCc3cccnc3)c12. The molecule has 3 heterocycles. The zero-order chi connectivity index (χ0) is 25.2. The first-order valence-corrected chi connectivity index (χ1v) is 11.5. The number of ether oxygens (including phenoxy) is 1. The van der Waals surface area contributed by atoms with Gasteiger partial charge in [0.05, 0.1) is 23.0 Å². The number of nitrogens with one attached hydrogen (secondary N) is 1. The largest absolute Gasteiger partial charge is 0.493 e. The highest BCUT2D eigenvalue weighted by molar-refractivity contribution is 6.10. The predicted octanol–water partition coefficient (Wildman–Crippen LogP) is 5.09. The molecule has 0 amide bonds. The minimum absolute atomic E-state index is 0.0271. The molecule has 36 heavy (non-hydrogen) atoms. The van der Waals surface area contributed by atoms with E-state index in [4.69, 9.17) is 9.15 Å². The van der Waals surface area contributed by atoms with Crippen LogP contribution in [0.2, 0.25) is 0 Å². The van der Waals surface area contributed by atoms with Crippen molar-refractivity contribution in [3.63, 3.8) is 0 Å². The van der Waals surface area contributed by atoms with Crippen LogP contribution in [-0.2, 0) is 13.6 Å². The molecule has 9 heteroatoms. The third kappa shape index (κ3) is 4.45. The molecular weight excluding hydrogens is 466 g/mol. The van der Waals surface area contributed by atoms with Crippen molar-refractivity contribution in [1.82, 2.24) is 19.9 Å². The number of fused-ring (bicyclic) bond motifs is 2. The number of halogens is 2. The second-order valence-corrected chi connectivity index (χ2v) is 8.50. The second-order valence-electron chi connectivity index (χ2n) is 8.50. The molecule has 5 aromatic rings. The minimum Gasteiger partial charge on any atom is -0.493 e. The van der Waals surface area contributed by atoms with E-state index < -0.39 is 17.4 Å². The number of hydrogen-bond donors (Lipinski definition) is 1. The monoisotopic (exact) mass is 490 g/mol. The number of nitrogens with zero attached hydrogens (tertiary/aromatic N) is 3. The van der Waals surface area contributed by atoms with Gasteiger partial charge in [0.25, 0.3) is 5.78 Å². The molecule has 0 atom stereocenters. The number of imidazole rings is 1. The van der Waals surface area contributed by atoms with Crippen LogP contribution in [0.5, 0.6) is 5.75 Å². The van der Waals surface area contributed by atoms with Gasteiger partial charge in [0.2, 0.25) is 0 Å². The molecule has 0 fully saturated rings. The van der Waals surface area contributed by atoms with Crippen molar-refractivity contribution in [2.24, 2.45) is 7.05 Å². The molecule has 0 aliphatic rings. The summed E-state index contributed by atoms with van der Waals surface area (Å²) in [5.74, 6) is -1.74. The molecule has 0 aliphatic carbocycles. The van der Waals surface area contributed by atoms with Crippen molar-refractivity contribution in [3.8, 4) is 5.75 Å². The lowest BCUT2D eigenvalue weighted by atomic mass is 10.1. The van der Waals surface area contributed by atoms with Crippen LogP contribution in [0.15, 0.2) is 59.3 Å². The Morgan fingerprint density at radius 3 is 2.81 bits per heavy atom. The van der Waals surface area contributed by atoms with E-state index in [1.807, 2.05) is 24.4 Å². The van der Waals surface area contributed by atoms with E-state index >= 15 is 0 Å². The molecule has 0 spiro atoms. The first-order chi connectivity index (χ1) is 17.4. The maximum Gasteiger partial charge on any atom is 0.263 e. The van der Waals surface area contributed by atoms with Crippen LogP contribution in [0, 0.1) is 18.6 Å². The van der Waals surface area contributed by atoms with Crippen LogP contribution < -0.4 is 10.1 Å². The van der Waals surface area contributed by atoms with Crippen LogP contribution in [0.4, 0.5) is 8.78 Å². The van der Waals surface area contributed by atoms with Crippen molar-refractivity contribution in [2.75, 3.05) is 13.2 Å². The third-order valence-electron chi connectivity index (χ3n) is 6.06. The lowest BCUT2D eigenvalue weighted by Crippen LogP contribution is -2.17. The molecule has 2 aromatic carbocycles. The van der Waals surface area contributed by atoms with Crippen molar-refractivity contribution in [2.45, 2.75) is 19.9 Å². The maximum atomic E-state index is 13.7. The van der Waals surface area contributed by atoms with Gasteiger partial charge < -0.3 is 19.0 Å². The van der Waals surface area contributed by atoms with Gasteiger partial charge in [-0.15, -0.1) is 0 Å². The Kier molecular flexibility index (Phi) is 6.47. The number of carbonyl (C=O) groups is 1. The molecule has 0 bridgehead atoms. The third-order valence-corrected chi connectivity index (χ3v) is 6.06. The Hall–Kier alpha value is -4.11. The van der Waals surface area contributed by atoms with E-state index in [1.54, 1.807) is 32.3 Å². The predicted molar refractivity (Wildman–Crippen MR) is 131 cm³/mol. The average Bonchev–Trinajstić information content (AvgIpc) is 3.39. The van der Waals surface area contributed by atoms with Gasteiger partial charge in [-0.05, 0) is 43.7 Å². The second kappa shape index (κ2) is 9.87. The number of furan rings is 1. The molecule has 0 unspecified atom stereocenters. The lowest BCUT2D eigenvalue weighted by molar-refractivity contribution is 0.0998. The molecule has 0 saturated heterocycles. The van der Waals surface area contributed by atoms with E-state index in [0.717, 1.165) is 37.2 Å². The first-order valence-electron chi connectivity index (χ1n) is 11.5. The molecule has 5 rings (SSSR count). The number of pyridine rings is 1. The number of benzene rings is 2. The smallest absolute Gasteiger partial charge is 0.263 e. The molecule has 0 radical (unpaired) electrons. The van der Waals surface area contributed by atoms with E-state index in [1.165, 1.54) is 4.57 Å². The summed E-state index contributed by atoms with van der Waals surface area (Å²) in [5.41, 5.74) is 2.75. The zero-order valence-electron chi connectivity index (χ0n) is 19.8. The zero-order valence-corrected chi connectivity index (χ0v) is 19.8. The van der Waals surface area contributed by atoms with Crippen molar-refractivity contribution >= 4 is 27.8 Å². The fraction of sp³-hybridized carbons (Fsp3) is 0.222. The van der Waals surface area contributed by atoms with Gasteiger partial charge in [0.1, 0.15) is 11.3 Å². The highest BCUT2D eigenvalue weighted by Gasteiger charge is 2.26. The van der Waals surface area contributed by atoms with E-state index in [-0.39, 0.29) is 17.1 Å². The summed E-state index contributed by atoms with van der Waals surface area (Å²) < 4.78 is 40.7. The first kappa shape index (κ1) is 23.6. The van der Waals surface area contributed by atoms with Crippen molar-refractivity contribution in [3.05, 3.63) is 89.2 Å². The fourth-order valence-corrected chi connectivity index (χ4v) is 4.21. The van der Waals surface area contributed by atoms with Gasteiger partial charge in [-0.3, -0.25) is 9.78 Å². The van der Waals surface area contributed by atoms with Crippen molar-refractivity contribution in [1.29, 1.82) is 0 Å². The molecule has 184 valence electrons. The summed E-state index contributed by atoms with van der Waals surface area (Å²) in [6.45, 7) is 3.77. The number of hydrogen-bond acceptors (Lipinski definition) is 6. The van der Waals surface area contributed by atoms with Gasteiger partial charge in [-0.25, -0.2) is 13.8 Å². The van der Waals surface area contributed by atoms with E-state index in [9.17, 15) is 13.6 Å². The number of carbonyl (C=O) groups excluding carboxylic acids is 1. The Bertz CT molecular complexity index is 1560. The van der Waals surface area contributed by atoms with Crippen LogP contribution in [-0.4, -0.2) is 33.5 Å². The average molecular weight is 491 g/mol. The number of aryl methyl sites for hydroxylation is 2. The van der Waals surface area contributed by atoms with Crippen LogP contribution >= 0.6 is 0 Å². The standard InChI is InChI=1S/C27H24F2N4O3/c1-16-24-22(35-11-5-10-31-15-17-6-4-9-30-14-17)7-3-8-23(24)36-26(16)25(34)27-32-20-12-18(28)19(29)13-21(20)33(27)2/h3-4,6-9,12-14,31H,5,10-11,15H2,1-2H3. The van der Waals surface area contributed by atoms with Crippen LogP contribution in [0.3, 0.4) is 0 Å². The van der Waals surface area contributed by atoms with Crippen LogP contribution in [0.25, 0.3) is 22.0 Å². The Balaban J connectivity index is 1.32. The molecular formula is C27H24F2N4O3. The Morgan fingerprint density at radius 1 is 1.17 bits per heavy atom. The number of ketones is 1. The summed E-state index contributed by atoms with van der Waals surface area (Å²) in [5, 5.41) is 4.07. The molecule has 7 nitrogen and oxygen atoms in total. The summed E-state index contributed by atoms with van der Waals surface area (Å²) in [4.78, 5) is 21.7. The van der Waals surface area contributed by atoms with Gasteiger partial charge in [0, 0.05) is 43.7 Å². The van der Waals surface area contributed by atoms with Gasteiger partial charge in [0.15, 0.2) is 23.2 Å². The van der Waals surface area contributed by atoms with Crippen LogP contribution in [0.1, 0.15) is 33.9 Å². The summed E-state index contributed by atoms with van der Waals surface area (Å²) in [6, 6.07) is 11.3. The fourth-order valence-electron chi connectivity index (χ4n) is 4.21. The summed E-state index contributed by atoms with van der Waals surface area (Å²) in [6.07, 6.45) is 4.36. The molecule has 1 N–H and O–H groups in total. The number of rotatable bonds is 9. The highest BCUT2D eigenvalue weighted by atomic mass is 19.2. The molecule has 3 aromatic heterocycles. The van der Waals surface area contributed by atoms with Gasteiger partial charge in [-0.1, -0.05) is 12.1 Å². The topological polar surface area (TPSA) is 82.2 Å². The highest BCUT2D eigenvalue weighted by Crippen LogP contribution is 2.34. The van der Waals surface area contributed by atoms with E-state index in [0.29, 0.717) is 34.4 Å². The Morgan fingerprint density at radius 2 is 2.00 bits per heavy atom. The van der Waals surface area contributed by atoms with E-state index in [2.05, 4.69) is 15.3 Å². The quantitative estimate of drug-likeness (QED) is 0.229. The normalized spacial score (nSPS) is 11.4. The lowest BCUT2D eigenvalue weighted by Gasteiger charge is -2.08. The Labute approximate surface area is 205 Å². The van der Waals surface area contributed by atoms with Crippen molar-refractivity contribution < 1.29 is 22.7 Å².